The van der Waals surface area contributed by atoms with Gasteiger partial charge in [-0.3, -0.25) is 0 Å². The maximum atomic E-state index is 3.44. The minimum atomic E-state index is 0.422. The minimum absolute atomic E-state index is 0.422. The van der Waals surface area contributed by atoms with Crippen LogP contribution in [0.4, 0.5) is 0 Å². The first-order valence-electron chi connectivity index (χ1n) is 7.04. The summed E-state index contributed by atoms with van der Waals surface area (Å²) in [6.07, 6.45) is 4.41. The van der Waals surface area contributed by atoms with E-state index in [0.29, 0.717) is 6.04 Å². The smallest absolute Gasteiger partial charge is 0.0470 e. The van der Waals surface area contributed by atoms with Gasteiger partial charge in [0.2, 0.25) is 0 Å². The SMILES string of the molecule is CCNC(C)c1ccn(Cc2cc(C)cc(C)c2)c1. The summed E-state index contributed by atoms with van der Waals surface area (Å²) in [7, 11) is 0. The van der Waals surface area contributed by atoms with Crippen molar-refractivity contribution < 1.29 is 0 Å². The fraction of sp³-hybridized carbons (Fsp3) is 0.412. The van der Waals surface area contributed by atoms with Crippen LogP contribution < -0.4 is 5.32 Å². The zero-order valence-electron chi connectivity index (χ0n) is 12.4. The molecule has 1 atom stereocenters. The molecule has 0 saturated carbocycles. The molecule has 0 radical (unpaired) electrons. The average Bonchev–Trinajstić information content (AvgIpc) is 2.76. The van der Waals surface area contributed by atoms with Crippen LogP contribution in [0.1, 0.15) is 42.1 Å². The highest BCUT2D eigenvalue weighted by Crippen LogP contribution is 2.15. The Morgan fingerprint density at radius 3 is 2.47 bits per heavy atom. The van der Waals surface area contributed by atoms with Gasteiger partial charge in [-0.1, -0.05) is 36.2 Å². The van der Waals surface area contributed by atoms with E-state index in [-0.39, 0.29) is 0 Å². The zero-order valence-corrected chi connectivity index (χ0v) is 12.4. The first-order chi connectivity index (χ1) is 9.08. The molecule has 2 aromatic rings. The second-order valence-electron chi connectivity index (χ2n) is 5.39. The van der Waals surface area contributed by atoms with Crippen LogP contribution in [0.5, 0.6) is 0 Å². The third-order valence-electron chi connectivity index (χ3n) is 3.43. The molecule has 0 aliphatic carbocycles. The molecule has 2 nitrogen and oxygen atoms in total. The number of benzene rings is 1. The number of rotatable bonds is 5. The van der Waals surface area contributed by atoms with Crippen molar-refractivity contribution in [2.45, 2.75) is 40.3 Å². The molecule has 2 heteroatoms. The second-order valence-corrected chi connectivity index (χ2v) is 5.39. The van der Waals surface area contributed by atoms with Gasteiger partial charge >= 0.3 is 0 Å². The Morgan fingerprint density at radius 2 is 1.84 bits per heavy atom. The highest BCUT2D eigenvalue weighted by molar-refractivity contribution is 5.29. The summed E-state index contributed by atoms with van der Waals surface area (Å²) in [5, 5.41) is 3.44. The minimum Gasteiger partial charge on any atom is -0.350 e. The van der Waals surface area contributed by atoms with E-state index in [0.717, 1.165) is 13.1 Å². The van der Waals surface area contributed by atoms with E-state index in [1.54, 1.807) is 0 Å². The molecule has 0 saturated heterocycles. The molecule has 0 aliphatic heterocycles. The molecule has 102 valence electrons. The molecule has 0 bridgehead atoms. The fourth-order valence-electron chi connectivity index (χ4n) is 2.61. The molecule has 0 fully saturated rings. The van der Waals surface area contributed by atoms with E-state index in [1.807, 2.05) is 0 Å². The number of nitrogens with one attached hydrogen (secondary N) is 1. The first kappa shape index (κ1) is 13.9. The highest BCUT2D eigenvalue weighted by Gasteiger charge is 2.05. The van der Waals surface area contributed by atoms with Gasteiger partial charge in [0.1, 0.15) is 0 Å². The zero-order chi connectivity index (χ0) is 13.8. The molecule has 0 amide bonds. The van der Waals surface area contributed by atoms with E-state index in [4.69, 9.17) is 0 Å². The highest BCUT2D eigenvalue weighted by atomic mass is 15.0. The Balaban J connectivity index is 2.11. The quantitative estimate of drug-likeness (QED) is 0.860. The number of hydrogen-bond acceptors (Lipinski definition) is 1. The number of nitrogens with zero attached hydrogens (tertiary/aromatic N) is 1. The van der Waals surface area contributed by atoms with Crippen LogP contribution in [0.15, 0.2) is 36.7 Å². The van der Waals surface area contributed by atoms with E-state index in [2.05, 4.69) is 74.2 Å². The van der Waals surface area contributed by atoms with Gasteiger partial charge in [-0.15, -0.1) is 0 Å². The average molecular weight is 256 g/mol. The van der Waals surface area contributed by atoms with Gasteiger partial charge in [0.15, 0.2) is 0 Å². The summed E-state index contributed by atoms with van der Waals surface area (Å²) in [5.74, 6) is 0. The summed E-state index contributed by atoms with van der Waals surface area (Å²) in [6.45, 7) is 10.6. The van der Waals surface area contributed by atoms with Crippen molar-refractivity contribution in [1.82, 2.24) is 9.88 Å². The summed E-state index contributed by atoms with van der Waals surface area (Å²) >= 11 is 0. The number of hydrogen-bond donors (Lipinski definition) is 1. The van der Waals surface area contributed by atoms with Crippen molar-refractivity contribution in [3.63, 3.8) is 0 Å². The van der Waals surface area contributed by atoms with Crippen molar-refractivity contribution in [2.24, 2.45) is 0 Å². The lowest BCUT2D eigenvalue weighted by molar-refractivity contribution is 0.596. The summed E-state index contributed by atoms with van der Waals surface area (Å²) in [5.41, 5.74) is 5.40. The summed E-state index contributed by atoms with van der Waals surface area (Å²) in [4.78, 5) is 0. The summed E-state index contributed by atoms with van der Waals surface area (Å²) < 4.78 is 2.26. The molecule has 0 spiro atoms. The Morgan fingerprint density at radius 1 is 1.16 bits per heavy atom. The first-order valence-corrected chi connectivity index (χ1v) is 7.04. The van der Waals surface area contributed by atoms with Crippen molar-refractivity contribution in [2.75, 3.05) is 6.54 Å². The monoisotopic (exact) mass is 256 g/mol. The molecule has 0 aliphatic rings. The van der Waals surface area contributed by atoms with E-state index in [1.165, 1.54) is 22.3 Å². The van der Waals surface area contributed by atoms with E-state index in [9.17, 15) is 0 Å². The molecular formula is C17H24N2. The van der Waals surface area contributed by atoms with Crippen molar-refractivity contribution in [3.8, 4) is 0 Å². The van der Waals surface area contributed by atoms with E-state index < -0.39 is 0 Å². The van der Waals surface area contributed by atoms with Gasteiger partial charge in [-0.2, -0.15) is 0 Å². The largest absolute Gasteiger partial charge is 0.350 e. The van der Waals surface area contributed by atoms with Gasteiger partial charge in [0, 0.05) is 25.0 Å². The standard InChI is InChI=1S/C17H24N2/c1-5-18-15(4)17-6-7-19(12-17)11-16-9-13(2)8-14(3)10-16/h6-10,12,15,18H,5,11H2,1-4H3. The van der Waals surface area contributed by atoms with Crippen molar-refractivity contribution in [1.29, 1.82) is 0 Å². The number of aromatic nitrogens is 1. The Bertz CT molecular complexity index is 520. The van der Waals surface area contributed by atoms with Gasteiger partial charge in [-0.25, -0.2) is 0 Å². The maximum absolute atomic E-state index is 3.44. The molecule has 1 N–H and O–H groups in total. The lowest BCUT2D eigenvalue weighted by Crippen LogP contribution is -2.17. The third kappa shape index (κ3) is 3.71. The van der Waals surface area contributed by atoms with Crippen LogP contribution in [0, 0.1) is 13.8 Å². The molecule has 19 heavy (non-hydrogen) atoms. The van der Waals surface area contributed by atoms with Gasteiger partial charge < -0.3 is 9.88 Å². The molecule has 2 rings (SSSR count). The third-order valence-corrected chi connectivity index (χ3v) is 3.43. The number of aryl methyl sites for hydroxylation is 2. The molecule has 1 aromatic heterocycles. The van der Waals surface area contributed by atoms with Crippen LogP contribution in [0.2, 0.25) is 0 Å². The van der Waals surface area contributed by atoms with Gasteiger partial charge in [0.05, 0.1) is 0 Å². The van der Waals surface area contributed by atoms with Crippen LogP contribution in [-0.4, -0.2) is 11.1 Å². The van der Waals surface area contributed by atoms with Crippen LogP contribution in [0.3, 0.4) is 0 Å². The Kier molecular flexibility index (Phi) is 4.43. The summed E-state index contributed by atoms with van der Waals surface area (Å²) in [6, 6.07) is 9.37. The van der Waals surface area contributed by atoms with Crippen molar-refractivity contribution >= 4 is 0 Å². The van der Waals surface area contributed by atoms with Gasteiger partial charge in [-0.05, 0) is 44.5 Å². The lowest BCUT2D eigenvalue weighted by Gasteiger charge is -2.10. The van der Waals surface area contributed by atoms with Crippen LogP contribution in [0.25, 0.3) is 0 Å². The predicted octanol–water partition coefficient (Wildman–Crippen LogP) is 3.82. The molecule has 1 heterocycles. The molecule has 1 unspecified atom stereocenters. The normalized spacial score (nSPS) is 12.6. The van der Waals surface area contributed by atoms with Crippen molar-refractivity contribution in [3.05, 3.63) is 58.9 Å². The fourth-order valence-corrected chi connectivity index (χ4v) is 2.61. The van der Waals surface area contributed by atoms with Gasteiger partial charge in [0.25, 0.3) is 0 Å². The predicted molar refractivity (Wildman–Crippen MR) is 81.5 cm³/mol. The molecule has 1 aromatic carbocycles. The van der Waals surface area contributed by atoms with E-state index >= 15 is 0 Å². The Labute approximate surface area is 116 Å². The van der Waals surface area contributed by atoms with Crippen LogP contribution >= 0.6 is 0 Å². The molecular weight excluding hydrogens is 232 g/mol. The van der Waals surface area contributed by atoms with Crippen LogP contribution in [-0.2, 0) is 6.54 Å². The lowest BCUT2D eigenvalue weighted by atomic mass is 10.1. The topological polar surface area (TPSA) is 17.0 Å². The second kappa shape index (κ2) is 6.07. The maximum Gasteiger partial charge on any atom is 0.0470 e. The Hall–Kier alpha value is -1.54.